The number of amides is 1. The van der Waals surface area contributed by atoms with Crippen LogP contribution in [0.4, 0.5) is 0 Å². The first-order valence-electron chi connectivity index (χ1n) is 7.56. The fourth-order valence-corrected chi connectivity index (χ4v) is 3.33. The molecule has 0 fully saturated rings. The number of rotatable bonds is 8. The van der Waals surface area contributed by atoms with Crippen molar-refractivity contribution in [2.24, 2.45) is 0 Å². The second kappa shape index (κ2) is 8.39. The summed E-state index contributed by atoms with van der Waals surface area (Å²) in [4.78, 5) is 23.4. The van der Waals surface area contributed by atoms with Gasteiger partial charge in [0.2, 0.25) is 5.91 Å². The third kappa shape index (κ3) is 5.31. The fraction of sp³-hybridized carbons (Fsp3) is 0.312. The van der Waals surface area contributed by atoms with Crippen LogP contribution in [0, 0.1) is 0 Å². The van der Waals surface area contributed by atoms with E-state index < -0.39 is 9.84 Å². The zero-order chi connectivity index (χ0) is 17.4. The molecule has 128 valence electrons. The van der Waals surface area contributed by atoms with Crippen molar-refractivity contribution in [3.8, 4) is 0 Å². The summed E-state index contributed by atoms with van der Waals surface area (Å²) < 4.78 is 25.4. The fourth-order valence-electron chi connectivity index (χ4n) is 2.07. The Bertz CT molecular complexity index is 832. The van der Waals surface area contributed by atoms with E-state index in [1.54, 1.807) is 24.3 Å². The van der Waals surface area contributed by atoms with Gasteiger partial charge < -0.3 is 5.32 Å². The highest BCUT2D eigenvalue weighted by molar-refractivity contribution is 7.91. The van der Waals surface area contributed by atoms with Crippen molar-refractivity contribution >= 4 is 15.7 Å². The maximum atomic E-state index is 12.1. The van der Waals surface area contributed by atoms with E-state index in [1.807, 2.05) is 0 Å². The normalized spacial score (nSPS) is 11.2. The van der Waals surface area contributed by atoms with Gasteiger partial charge in [-0.1, -0.05) is 18.2 Å². The molecule has 0 aliphatic heterocycles. The first-order valence-corrected chi connectivity index (χ1v) is 9.21. The van der Waals surface area contributed by atoms with Gasteiger partial charge in [-0.05, 0) is 24.6 Å². The number of aryl methyl sites for hydroxylation is 1. The van der Waals surface area contributed by atoms with Crippen LogP contribution in [0.3, 0.4) is 0 Å². The van der Waals surface area contributed by atoms with Crippen molar-refractivity contribution in [3.05, 3.63) is 59.0 Å². The molecule has 0 saturated carbocycles. The maximum absolute atomic E-state index is 12.1. The minimum atomic E-state index is -3.45. The molecule has 2 rings (SSSR count). The van der Waals surface area contributed by atoms with Crippen LogP contribution in [-0.4, -0.2) is 36.4 Å². The van der Waals surface area contributed by atoms with Crippen molar-refractivity contribution in [2.75, 3.05) is 12.3 Å². The summed E-state index contributed by atoms with van der Waals surface area (Å²) in [5, 5.41) is 6.56. The molecular formula is C16H19N3O4S. The molecule has 1 amide bonds. The topological polar surface area (TPSA) is 98.1 Å². The second-order valence-corrected chi connectivity index (χ2v) is 7.28. The van der Waals surface area contributed by atoms with Crippen LogP contribution in [0.5, 0.6) is 0 Å². The van der Waals surface area contributed by atoms with E-state index in [2.05, 4.69) is 10.4 Å². The molecule has 0 atom stereocenters. The molecule has 1 heterocycles. The monoisotopic (exact) mass is 349 g/mol. The summed E-state index contributed by atoms with van der Waals surface area (Å²) in [6, 6.07) is 11.0. The van der Waals surface area contributed by atoms with Gasteiger partial charge in [0, 0.05) is 31.8 Å². The third-order valence-corrected chi connectivity index (χ3v) is 5.09. The zero-order valence-corrected chi connectivity index (χ0v) is 13.9. The van der Waals surface area contributed by atoms with Crippen LogP contribution >= 0.6 is 0 Å². The molecule has 0 unspecified atom stereocenters. The van der Waals surface area contributed by atoms with Crippen molar-refractivity contribution in [1.82, 2.24) is 15.1 Å². The van der Waals surface area contributed by atoms with Crippen LogP contribution in [0.25, 0.3) is 0 Å². The number of sulfone groups is 1. The van der Waals surface area contributed by atoms with Gasteiger partial charge in [-0.25, -0.2) is 13.1 Å². The molecule has 24 heavy (non-hydrogen) atoms. The molecule has 0 aliphatic rings. The third-order valence-electron chi connectivity index (χ3n) is 3.35. The van der Waals surface area contributed by atoms with Gasteiger partial charge in [-0.2, -0.15) is 5.10 Å². The molecular weight excluding hydrogens is 330 g/mol. The summed E-state index contributed by atoms with van der Waals surface area (Å²) in [6.07, 6.45) is 1.96. The van der Waals surface area contributed by atoms with Gasteiger partial charge in [0.15, 0.2) is 9.84 Å². The number of hydrogen-bond acceptors (Lipinski definition) is 5. The number of nitrogens with one attached hydrogen (secondary N) is 1. The van der Waals surface area contributed by atoms with E-state index in [0.717, 1.165) is 0 Å². The number of hydrogen-bond donors (Lipinski definition) is 1. The summed E-state index contributed by atoms with van der Waals surface area (Å²) in [7, 11) is -3.45. The summed E-state index contributed by atoms with van der Waals surface area (Å²) in [5.74, 6) is -0.564. The van der Waals surface area contributed by atoms with E-state index in [-0.39, 0.29) is 28.5 Å². The second-order valence-electron chi connectivity index (χ2n) is 5.17. The predicted molar refractivity (Wildman–Crippen MR) is 89.2 cm³/mol. The Labute approximate surface area is 140 Å². The Morgan fingerprint density at radius 1 is 1.12 bits per heavy atom. The highest BCUT2D eigenvalue weighted by Crippen LogP contribution is 2.10. The van der Waals surface area contributed by atoms with Crippen LogP contribution in [0.1, 0.15) is 12.8 Å². The first-order chi connectivity index (χ1) is 11.5. The molecule has 0 radical (unpaired) electrons. The lowest BCUT2D eigenvalue weighted by molar-refractivity contribution is -0.120. The van der Waals surface area contributed by atoms with E-state index >= 15 is 0 Å². The van der Waals surface area contributed by atoms with Gasteiger partial charge in [0.1, 0.15) is 0 Å². The SMILES string of the molecule is O=C(CCS(=O)(=O)c1ccccc1)NCCCn1ncccc1=O. The van der Waals surface area contributed by atoms with Crippen LogP contribution in [0.2, 0.25) is 0 Å². The number of aromatic nitrogens is 2. The van der Waals surface area contributed by atoms with Gasteiger partial charge in [0.25, 0.3) is 5.56 Å². The minimum absolute atomic E-state index is 0.0965. The van der Waals surface area contributed by atoms with Gasteiger partial charge in [-0.15, -0.1) is 0 Å². The molecule has 0 spiro atoms. The summed E-state index contributed by atoms with van der Waals surface area (Å²) in [6.45, 7) is 0.746. The molecule has 1 aromatic heterocycles. The number of carbonyl (C=O) groups is 1. The van der Waals surface area contributed by atoms with E-state index in [9.17, 15) is 18.0 Å². The quantitative estimate of drug-likeness (QED) is 0.704. The zero-order valence-electron chi connectivity index (χ0n) is 13.1. The van der Waals surface area contributed by atoms with E-state index in [4.69, 9.17) is 0 Å². The van der Waals surface area contributed by atoms with E-state index in [1.165, 1.54) is 29.1 Å². The lowest BCUT2D eigenvalue weighted by Crippen LogP contribution is -2.29. The molecule has 7 nitrogen and oxygen atoms in total. The Hall–Kier alpha value is -2.48. The lowest BCUT2D eigenvalue weighted by atomic mass is 10.4. The largest absolute Gasteiger partial charge is 0.356 e. The molecule has 8 heteroatoms. The first kappa shape index (κ1) is 17.9. The average molecular weight is 349 g/mol. The van der Waals surface area contributed by atoms with Gasteiger partial charge in [0.05, 0.1) is 10.6 Å². The molecule has 0 aliphatic carbocycles. The Kier molecular flexibility index (Phi) is 6.25. The Morgan fingerprint density at radius 2 is 1.88 bits per heavy atom. The highest BCUT2D eigenvalue weighted by Gasteiger charge is 2.15. The molecule has 0 saturated heterocycles. The van der Waals surface area contributed by atoms with Crippen molar-refractivity contribution in [2.45, 2.75) is 24.3 Å². The summed E-state index contributed by atoms with van der Waals surface area (Å²) >= 11 is 0. The Morgan fingerprint density at radius 3 is 2.58 bits per heavy atom. The minimum Gasteiger partial charge on any atom is -0.356 e. The number of nitrogens with zero attached hydrogens (tertiary/aromatic N) is 2. The maximum Gasteiger partial charge on any atom is 0.266 e. The number of benzene rings is 1. The summed E-state index contributed by atoms with van der Waals surface area (Å²) in [5.41, 5.74) is -0.196. The van der Waals surface area contributed by atoms with Gasteiger partial charge in [-0.3, -0.25) is 9.59 Å². The van der Waals surface area contributed by atoms with Crippen LogP contribution in [0.15, 0.2) is 58.4 Å². The van der Waals surface area contributed by atoms with Gasteiger partial charge >= 0.3 is 0 Å². The van der Waals surface area contributed by atoms with Crippen LogP contribution < -0.4 is 10.9 Å². The van der Waals surface area contributed by atoms with Crippen molar-refractivity contribution < 1.29 is 13.2 Å². The predicted octanol–water partition coefficient (Wildman–Crippen LogP) is 0.614. The smallest absolute Gasteiger partial charge is 0.266 e. The highest BCUT2D eigenvalue weighted by atomic mass is 32.2. The molecule has 1 N–H and O–H groups in total. The molecule has 0 bridgehead atoms. The van der Waals surface area contributed by atoms with Crippen molar-refractivity contribution in [1.29, 1.82) is 0 Å². The standard InChI is InChI=1S/C16H19N3O4S/c20-15(9-13-24(22,23)14-6-2-1-3-7-14)17-10-5-12-19-16(21)8-4-11-18-19/h1-4,6-8,11H,5,9-10,12-13H2,(H,17,20). The molecule has 2 aromatic rings. The average Bonchev–Trinajstić information content (AvgIpc) is 2.59. The number of carbonyl (C=O) groups excluding carboxylic acids is 1. The van der Waals surface area contributed by atoms with Crippen molar-refractivity contribution in [3.63, 3.8) is 0 Å². The molecule has 1 aromatic carbocycles. The van der Waals surface area contributed by atoms with Crippen LogP contribution in [-0.2, 0) is 21.2 Å². The lowest BCUT2D eigenvalue weighted by Gasteiger charge is -2.07. The van der Waals surface area contributed by atoms with E-state index in [0.29, 0.717) is 19.5 Å². The Balaban J connectivity index is 1.72.